The second-order valence-electron chi connectivity index (χ2n) is 6.33. The third kappa shape index (κ3) is 4.58. The first-order valence-corrected chi connectivity index (χ1v) is 7.17. The first-order chi connectivity index (χ1) is 8.94. The molecule has 5 nitrogen and oxygen atoms in total. The van der Waals surface area contributed by atoms with Gasteiger partial charge < -0.3 is 14.5 Å². The van der Waals surface area contributed by atoms with Gasteiger partial charge in [-0.05, 0) is 53.5 Å². The van der Waals surface area contributed by atoms with Gasteiger partial charge in [-0.25, -0.2) is 0 Å². The van der Waals surface area contributed by atoms with Gasteiger partial charge in [-0.1, -0.05) is 0 Å². The number of aryl methyl sites for hydroxylation is 1. The maximum atomic E-state index is 5.72. The van der Waals surface area contributed by atoms with Gasteiger partial charge in [-0.2, -0.15) is 0 Å². The fraction of sp³-hybridized carbons (Fsp3) is 0.857. The van der Waals surface area contributed by atoms with E-state index in [1.807, 2.05) is 0 Å². The highest BCUT2D eigenvalue weighted by Gasteiger charge is 2.27. The van der Waals surface area contributed by atoms with Crippen LogP contribution in [0.1, 0.15) is 64.8 Å². The molecule has 1 aliphatic rings. The lowest BCUT2D eigenvalue weighted by atomic mass is 10.1. The van der Waals surface area contributed by atoms with Crippen molar-refractivity contribution in [3.63, 3.8) is 0 Å². The average Bonchev–Trinajstić information content (AvgIpc) is 2.92. The van der Waals surface area contributed by atoms with Crippen molar-refractivity contribution in [2.45, 2.75) is 71.1 Å². The normalized spacial score (nSPS) is 24.0. The van der Waals surface area contributed by atoms with Crippen LogP contribution < -0.4 is 5.32 Å². The van der Waals surface area contributed by atoms with Gasteiger partial charge in [0.1, 0.15) is 6.10 Å². The van der Waals surface area contributed by atoms with Gasteiger partial charge in [0.25, 0.3) is 0 Å². The van der Waals surface area contributed by atoms with Crippen LogP contribution in [-0.2, 0) is 11.2 Å². The van der Waals surface area contributed by atoms with Crippen LogP contribution >= 0.6 is 0 Å². The third-order valence-corrected chi connectivity index (χ3v) is 3.21. The molecule has 2 rings (SSSR count). The molecule has 0 saturated carbocycles. The Morgan fingerprint density at radius 2 is 2.05 bits per heavy atom. The number of hydrogen-bond acceptors (Lipinski definition) is 5. The van der Waals surface area contributed by atoms with Gasteiger partial charge in [-0.3, -0.25) is 0 Å². The molecule has 0 radical (unpaired) electrons. The molecule has 2 unspecified atom stereocenters. The van der Waals surface area contributed by atoms with Crippen molar-refractivity contribution in [2.24, 2.45) is 0 Å². The van der Waals surface area contributed by atoms with Gasteiger partial charge in [0, 0.05) is 12.0 Å². The number of ether oxygens (including phenoxy) is 1. The lowest BCUT2D eigenvalue weighted by Gasteiger charge is -2.19. The molecular weight excluding hydrogens is 242 g/mol. The van der Waals surface area contributed by atoms with Crippen LogP contribution in [0.4, 0.5) is 0 Å². The summed E-state index contributed by atoms with van der Waals surface area (Å²) >= 11 is 0. The third-order valence-electron chi connectivity index (χ3n) is 3.21. The minimum absolute atomic E-state index is 0.00366. The summed E-state index contributed by atoms with van der Waals surface area (Å²) in [5.74, 6) is 1.36. The van der Waals surface area contributed by atoms with Crippen LogP contribution in [0.15, 0.2) is 4.42 Å². The molecule has 0 bridgehead atoms. The van der Waals surface area contributed by atoms with E-state index in [0.717, 1.165) is 32.2 Å². The molecular formula is C14H25N3O2. The molecule has 5 heteroatoms. The van der Waals surface area contributed by atoms with Gasteiger partial charge in [-0.15, -0.1) is 10.2 Å². The zero-order chi connectivity index (χ0) is 13.9. The monoisotopic (exact) mass is 267 g/mol. The molecule has 1 aliphatic heterocycles. The Balaban J connectivity index is 1.75. The Morgan fingerprint density at radius 1 is 1.26 bits per heavy atom. The fourth-order valence-corrected chi connectivity index (χ4v) is 2.18. The maximum absolute atomic E-state index is 5.72. The summed E-state index contributed by atoms with van der Waals surface area (Å²) in [5, 5.41) is 11.6. The Morgan fingerprint density at radius 3 is 2.68 bits per heavy atom. The van der Waals surface area contributed by atoms with Crippen LogP contribution in [0.2, 0.25) is 0 Å². The molecule has 1 aromatic heterocycles. The molecule has 2 heterocycles. The van der Waals surface area contributed by atoms with Gasteiger partial charge >= 0.3 is 0 Å². The minimum Gasteiger partial charge on any atom is -0.422 e. The molecule has 1 saturated heterocycles. The number of rotatable bonds is 5. The van der Waals surface area contributed by atoms with Crippen molar-refractivity contribution in [1.82, 2.24) is 15.5 Å². The van der Waals surface area contributed by atoms with E-state index in [4.69, 9.17) is 9.15 Å². The van der Waals surface area contributed by atoms with Crippen molar-refractivity contribution in [3.8, 4) is 0 Å². The predicted molar refractivity (Wildman–Crippen MR) is 72.9 cm³/mol. The maximum Gasteiger partial charge on any atom is 0.245 e. The summed E-state index contributed by atoms with van der Waals surface area (Å²) < 4.78 is 11.4. The highest BCUT2D eigenvalue weighted by Crippen LogP contribution is 2.31. The number of hydrogen-bond donors (Lipinski definition) is 1. The molecule has 19 heavy (non-hydrogen) atoms. The lowest BCUT2D eigenvalue weighted by molar-refractivity contribution is 0.0384. The van der Waals surface area contributed by atoms with Crippen molar-refractivity contribution in [1.29, 1.82) is 0 Å². The summed E-state index contributed by atoms with van der Waals surface area (Å²) in [4.78, 5) is 0. The zero-order valence-corrected chi connectivity index (χ0v) is 12.4. The van der Waals surface area contributed by atoms with E-state index in [2.05, 4.69) is 43.2 Å². The second kappa shape index (κ2) is 6.01. The summed E-state index contributed by atoms with van der Waals surface area (Å²) in [6, 6.07) is 0. The first-order valence-electron chi connectivity index (χ1n) is 7.17. The molecule has 0 aromatic carbocycles. The fourth-order valence-electron chi connectivity index (χ4n) is 2.18. The average molecular weight is 267 g/mol. The molecule has 0 amide bonds. The molecule has 0 spiro atoms. The Kier molecular flexibility index (Phi) is 4.58. The van der Waals surface area contributed by atoms with E-state index in [9.17, 15) is 0 Å². The van der Waals surface area contributed by atoms with Gasteiger partial charge in [0.2, 0.25) is 11.8 Å². The SMILES string of the molecule is CC1CCC(c2nnc(CCCNC(C)(C)C)o2)O1. The standard InChI is InChI=1S/C14H25N3O2/c1-10-7-8-11(18-10)13-17-16-12(19-13)6-5-9-15-14(2,3)4/h10-11,15H,5-9H2,1-4H3. The van der Waals surface area contributed by atoms with Crippen LogP contribution in [0.3, 0.4) is 0 Å². The Bertz CT molecular complexity index is 398. The minimum atomic E-state index is 0.00366. The number of nitrogens with zero attached hydrogens (tertiary/aromatic N) is 2. The van der Waals surface area contributed by atoms with Crippen LogP contribution in [0.5, 0.6) is 0 Å². The Hall–Kier alpha value is -0.940. The molecule has 1 aromatic rings. The molecule has 2 atom stereocenters. The highest BCUT2D eigenvalue weighted by atomic mass is 16.5. The van der Waals surface area contributed by atoms with Crippen molar-refractivity contribution >= 4 is 0 Å². The topological polar surface area (TPSA) is 60.2 Å². The van der Waals surface area contributed by atoms with Crippen LogP contribution in [-0.4, -0.2) is 28.4 Å². The van der Waals surface area contributed by atoms with E-state index in [0.29, 0.717) is 17.9 Å². The summed E-state index contributed by atoms with van der Waals surface area (Å²) in [6.07, 6.45) is 4.17. The van der Waals surface area contributed by atoms with Gasteiger partial charge in [0.15, 0.2) is 0 Å². The summed E-state index contributed by atoms with van der Waals surface area (Å²) in [5.41, 5.74) is 0.161. The van der Waals surface area contributed by atoms with Crippen molar-refractivity contribution in [3.05, 3.63) is 11.8 Å². The number of nitrogens with one attached hydrogen (secondary N) is 1. The summed E-state index contributed by atoms with van der Waals surface area (Å²) in [6.45, 7) is 9.52. The molecule has 108 valence electrons. The molecule has 1 fully saturated rings. The first kappa shape index (κ1) is 14.5. The number of aromatic nitrogens is 2. The van der Waals surface area contributed by atoms with Gasteiger partial charge in [0.05, 0.1) is 6.10 Å². The van der Waals surface area contributed by atoms with E-state index in [1.165, 1.54) is 0 Å². The zero-order valence-electron chi connectivity index (χ0n) is 12.4. The molecule has 0 aliphatic carbocycles. The van der Waals surface area contributed by atoms with Crippen molar-refractivity contribution < 1.29 is 9.15 Å². The summed E-state index contributed by atoms with van der Waals surface area (Å²) in [7, 11) is 0. The van der Waals surface area contributed by atoms with E-state index >= 15 is 0 Å². The largest absolute Gasteiger partial charge is 0.422 e. The molecule has 1 N–H and O–H groups in total. The van der Waals surface area contributed by atoms with Crippen molar-refractivity contribution in [2.75, 3.05) is 6.54 Å². The van der Waals surface area contributed by atoms with Crippen LogP contribution in [0, 0.1) is 0 Å². The second-order valence-corrected chi connectivity index (χ2v) is 6.33. The van der Waals surface area contributed by atoms with E-state index in [1.54, 1.807) is 0 Å². The highest BCUT2D eigenvalue weighted by molar-refractivity contribution is 4.90. The van der Waals surface area contributed by atoms with E-state index < -0.39 is 0 Å². The Labute approximate surface area is 115 Å². The smallest absolute Gasteiger partial charge is 0.245 e. The van der Waals surface area contributed by atoms with Crippen LogP contribution in [0.25, 0.3) is 0 Å². The quantitative estimate of drug-likeness (QED) is 0.831. The van der Waals surface area contributed by atoms with E-state index in [-0.39, 0.29) is 11.6 Å². The lowest BCUT2D eigenvalue weighted by Crippen LogP contribution is -2.36. The predicted octanol–water partition coefficient (Wildman–Crippen LogP) is 2.63.